The first kappa shape index (κ1) is 27.3. The molecule has 0 spiro atoms. The van der Waals surface area contributed by atoms with E-state index < -0.39 is 11.9 Å². The van der Waals surface area contributed by atoms with E-state index in [9.17, 15) is 14.7 Å². The molecule has 40 heavy (non-hydrogen) atoms. The fraction of sp³-hybridized carbons (Fsp3) is 0.294. The van der Waals surface area contributed by atoms with Crippen molar-refractivity contribution >= 4 is 28.4 Å². The van der Waals surface area contributed by atoms with Gasteiger partial charge in [-0.3, -0.25) is 4.79 Å². The van der Waals surface area contributed by atoms with Gasteiger partial charge < -0.3 is 9.84 Å². The van der Waals surface area contributed by atoms with Gasteiger partial charge in [0.2, 0.25) is 0 Å². The van der Waals surface area contributed by atoms with Crippen LogP contribution in [0.25, 0.3) is 10.8 Å². The summed E-state index contributed by atoms with van der Waals surface area (Å²) >= 11 is 0. The normalized spacial score (nSPS) is 14.4. The van der Waals surface area contributed by atoms with E-state index in [2.05, 4.69) is 37.9 Å². The Labute approximate surface area is 234 Å². The van der Waals surface area contributed by atoms with Crippen LogP contribution in [0.3, 0.4) is 0 Å². The number of benzene rings is 3. The molecule has 3 aromatic carbocycles. The monoisotopic (exact) mass is 534 g/mol. The van der Waals surface area contributed by atoms with E-state index in [-0.39, 0.29) is 16.8 Å². The van der Waals surface area contributed by atoms with E-state index in [1.54, 1.807) is 36.4 Å². The largest absolute Gasteiger partial charge is 0.476 e. The molecule has 0 bridgehead atoms. The van der Waals surface area contributed by atoms with E-state index in [1.165, 1.54) is 18.4 Å². The lowest BCUT2D eigenvalue weighted by Gasteiger charge is -2.19. The van der Waals surface area contributed by atoms with Gasteiger partial charge in [-0.25, -0.2) is 9.78 Å². The van der Waals surface area contributed by atoms with Crippen molar-refractivity contribution in [3.05, 3.63) is 101 Å². The van der Waals surface area contributed by atoms with Crippen molar-refractivity contribution in [1.82, 2.24) is 4.98 Å². The van der Waals surface area contributed by atoms with E-state index in [0.29, 0.717) is 17.2 Å². The van der Waals surface area contributed by atoms with Gasteiger partial charge in [0, 0.05) is 16.6 Å². The molecular weight excluding hydrogens is 500 g/mol. The molecule has 0 radical (unpaired) electrons. The van der Waals surface area contributed by atoms with Gasteiger partial charge in [0.15, 0.2) is 5.71 Å². The Morgan fingerprint density at radius 1 is 0.925 bits per heavy atom. The molecule has 1 N–H and O–H groups in total. The third-order valence-electron chi connectivity index (χ3n) is 7.48. The highest BCUT2D eigenvalue weighted by molar-refractivity contribution is 6.44. The van der Waals surface area contributed by atoms with Crippen LogP contribution >= 0.6 is 0 Å². The summed E-state index contributed by atoms with van der Waals surface area (Å²) in [4.78, 5) is 34.0. The number of amides is 1. The van der Waals surface area contributed by atoms with E-state index in [0.717, 1.165) is 41.5 Å². The average Bonchev–Trinajstić information content (AvgIpc) is 3.44. The Hall–Kier alpha value is -4.32. The number of aromatic nitrogens is 1. The molecular formula is C34H34N2O4. The number of carboxylic acids is 1. The molecule has 0 aliphatic heterocycles. The predicted octanol–water partition coefficient (Wildman–Crippen LogP) is 7.77. The molecule has 4 aromatic rings. The number of fused-ring (bicyclic) bond motifs is 1. The number of carboxylic acid groups (broad SMARTS) is 1. The van der Waals surface area contributed by atoms with Crippen LogP contribution in [0.15, 0.2) is 83.9 Å². The average molecular weight is 535 g/mol. The lowest BCUT2D eigenvalue weighted by molar-refractivity contribution is -0.129. The fourth-order valence-corrected chi connectivity index (χ4v) is 5.27. The van der Waals surface area contributed by atoms with Crippen LogP contribution in [0.5, 0.6) is 11.5 Å². The number of nitrogens with zero attached hydrogens (tertiary/aromatic N) is 2. The van der Waals surface area contributed by atoms with E-state index in [4.69, 9.17) is 9.72 Å². The molecule has 6 nitrogen and oxygen atoms in total. The summed E-state index contributed by atoms with van der Waals surface area (Å²) in [5.41, 5.74) is 2.30. The lowest BCUT2D eigenvalue weighted by Crippen LogP contribution is -2.17. The molecule has 1 saturated carbocycles. The van der Waals surface area contributed by atoms with Crippen molar-refractivity contribution in [1.29, 1.82) is 0 Å². The van der Waals surface area contributed by atoms with Gasteiger partial charge in [0.05, 0.1) is 0 Å². The van der Waals surface area contributed by atoms with Crippen LogP contribution in [-0.2, 0) is 16.6 Å². The molecule has 0 unspecified atom stereocenters. The van der Waals surface area contributed by atoms with Crippen molar-refractivity contribution in [3.63, 3.8) is 0 Å². The summed E-state index contributed by atoms with van der Waals surface area (Å²) in [7, 11) is 0. The molecule has 1 heterocycles. The third-order valence-corrected chi connectivity index (χ3v) is 7.48. The van der Waals surface area contributed by atoms with Crippen LogP contribution in [0.2, 0.25) is 0 Å². The van der Waals surface area contributed by atoms with Crippen molar-refractivity contribution in [2.45, 2.75) is 58.3 Å². The second-order valence-corrected chi connectivity index (χ2v) is 11.5. The first-order valence-electron chi connectivity index (χ1n) is 13.8. The van der Waals surface area contributed by atoms with Crippen molar-refractivity contribution in [3.8, 4) is 11.5 Å². The SMILES string of the molecule is CC(C)(C)c1ccc(Oc2ccc3c(CC4CCCC4)nc(C(=O)N=C(C(=O)O)c4ccccc4)cc3c2)cc1. The van der Waals surface area contributed by atoms with Gasteiger partial charge in [-0.15, -0.1) is 0 Å². The molecule has 1 aromatic heterocycles. The van der Waals surface area contributed by atoms with E-state index >= 15 is 0 Å². The Morgan fingerprint density at radius 3 is 2.25 bits per heavy atom. The molecule has 204 valence electrons. The minimum atomic E-state index is -1.26. The number of ether oxygens (including phenoxy) is 1. The maximum absolute atomic E-state index is 13.3. The summed E-state index contributed by atoms with van der Waals surface area (Å²) in [6.07, 6.45) is 5.46. The number of hydrogen-bond acceptors (Lipinski definition) is 4. The highest BCUT2D eigenvalue weighted by atomic mass is 16.5. The zero-order chi connectivity index (χ0) is 28.3. The number of aliphatic imine (C=N–C) groups is 1. The van der Waals surface area contributed by atoms with Gasteiger partial charge >= 0.3 is 5.97 Å². The Morgan fingerprint density at radius 2 is 1.60 bits per heavy atom. The summed E-state index contributed by atoms with van der Waals surface area (Å²) in [6.45, 7) is 6.52. The zero-order valence-corrected chi connectivity index (χ0v) is 23.2. The van der Waals surface area contributed by atoms with Gasteiger partial charge in [-0.2, -0.15) is 4.99 Å². The van der Waals surface area contributed by atoms with Gasteiger partial charge in [-0.1, -0.05) is 88.9 Å². The highest BCUT2D eigenvalue weighted by Crippen LogP contribution is 2.33. The van der Waals surface area contributed by atoms with Crippen LogP contribution in [0.1, 0.15) is 73.8 Å². The molecule has 1 aliphatic carbocycles. The van der Waals surface area contributed by atoms with Crippen molar-refractivity contribution in [2.24, 2.45) is 10.9 Å². The molecule has 0 saturated heterocycles. The van der Waals surface area contributed by atoms with Gasteiger partial charge in [0.25, 0.3) is 5.91 Å². The van der Waals surface area contributed by atoms with Crippen molar-refractivity contribution < 1.29 is 19.4 Å². The highest BCUT2D eigenvalue weighted by Gasteiger charge is 2.21. The molecule has 6 heteroatoms. The topological polar surface area (TPSA) is 88.9 Å². The molecule has 5 rings (SSSR count). The molecule has 1 aliphatic rings. The van der Waals surface area contributed by atoms with E-state index in [1.807, 2.05) is 30.3 Å². The number of carbonyl (C=O) groups excluding carboxylic acids is 1. The standard InChI is InChI=1S/C34H34N2O4/c1-34(2,3)25-13-15-26(16-14-25)40-27-17-18-28-24(20-27)21-30(35-29(28)19-22-9-7-8-10-22)32(37)36-31(33(38)39)23-11-5-4-6-12-23/h4-6,11-18,20-22H,7-10,19H2,1-3H3,(H,38,39). The summed E-state index contributed by atoms with van der Waals surface area (Å²) in [5.74, 6) is -0.0609. The van der Waals surface area contributed by atoms with Crippen LogP contribution in [-0.4, -0.2) is 27.7 Å². The minimum Gasteiger partial charge on any atom is -0.476 e. The first-order valence-corrected chi connectivity index (χ1v) is 13.8. The molecule has 1 fully saturated rings. The molecule has 1 amide bonds. The maximum atomic E-state index is 13.3. The number of pyridine rings is 1. The second kappa shape index (κ2) is 11.4. The number of rotatable bonds is 7. The lowest BCUT2D eigenvalue weighted by atomic mass is 9.87. The summed E-state index contributed by atoms with van der Waals surface area (Å²) in [6, 6.07) is 24.0. The van der Waals surface area contributed by atoms with Gasteiger partial charge in [0.1, 0.15) is 17.2 Å². The van der Waals surface area contributed by atoms with Crippen molar-refractivity contribution in [2.75, 3.05) is 0 Å². The van der Waals surface area contributed by atoms with Crippen LogP contribution in [0, 0.1) is 5.92 Å². The Bertz CT molecular complexity index is 1560. The zero-order valence-electron chi connectivity index (χ0n) is 23.2. The Kier molecular flexibility index (Phi) is 7.78. The first-order chi connectivity index (χ1) is 19.2. The molecule has 0 atom stereocenters. The predicted molar refractivity (Wildman–Crippen MR) is 158 cm³/mol. The number of carbonyl (C=O) groups is 2. The summed E-state index contributed by atoms with van der Waals surface area (Å²) < 4.78 is 6.17. The smallest absolute Gasteiger partial charge is 0.355 e. The summed E-state index contributed by atoms with van der Waals surface area (Å²) in [5, 5.41) is 11.5. The Balaban J connectivity index is 1.52. The van der Waals surface area contributed by atoms with Gasteiger partial charge in [-0.05, 0) is 65.1 Å². The number of aliphatic carboxylic acids is 1. The third kappa shape index (κ3) is 6.28. The maximum Gasteiger partial charge on any atom is 0.355 e. The second-order valence-electron chi connectivity index (χ2n) is 11.5. The quantitative estimate of drug-likeness (QED) is 0.245. The minimum absolute atomic E-state index is 0.0522. The van der Waals surface area contributed by atoms with Crippen LogP contribution in [0.4, 0.5) is 0 Å². The fourth-order valence-electron chi connectivity index (χ4n) is 5.27. The number of hydrogen-bond donors (Lipinski definition) is 1. The van der Waals surface area contributed by atoms with Crippen LogP contribution < -0.4 is 4.74 Å².